The number of nitrogens with two attached hydrogens (primary N) is 1. The lowest BCUT2D eigenvalue weighted by molar-refractivity contribution is 1.30. The van der Waals surface area contributed by atoms with Crippen LogP contribution in [0, 0.1) is 9.85 Å². The van der Waals surface area contributed by atoms with Gasteiger partial charge in [0.15, 0.2) is 0 Å². The summed E-state index contributed by atoms with van der Waals surface area (Å²) >= 11 is 1.95. The van der Waals surface area contributed by atoms with Crippen molar-refractivity contribution in [1.82, 2.24) is 0 Å². The summed E-state index contributed by atoms with van der Waals surface area (Å²) < 4.78 is 2.61. The molecule has 0 aliphatic carbocycles. The Labute approximate surface area is 45.1 Å². The Morgan fingerprint density at radius 1 is 1.80 bits per heavy atom. The molecular weight excluding hydrogens is 177 g/mol. The molecule has 0 fully saturated rings. The Bertz CT molecular complexity index is 59.0. The number of hydrogen-bond donors (Lipinski definition) is 1. The van der Waals surface area contributed by atoms with Gasteiger partial charge in [-0.05, 0) is 3.93 Å². The molecule has 2 heteroatoms. The quantitative estimate of drug-likeness (QED) is 0.423. The molecule has 0 unspecified atom stereocenters. The summed E-state index contributed by atoms with van der Waals surface area (Å²) in [6.07, 6.45) is 0. The summed E-state index contributed by atoms with van der Waals surface area (Å²) in [6.45, 7) is 0.475. The minimum absolute atomic E-state index is 0.475. The van der Waals surface area contributed by atoms with Crippen LogP contribution in [0.4, 0.5) is 0 Å². The SMILES string of the molecule is NCC#CI. The van der Waals surface area contributed by atoms with Crippen LogP contribution in [0.15, 0.2) is 0 Å². The van der Waals surface area contributed by atoms with Crippen LogP contribution in [0.1, 0.15) is 0 Å². The van der Waals surface area contributed by atoms with Crippen molar-refractivity contribution in [1.29, 1.82) is 0 Å². The van der Waals surface area contributed by atoms with E-state index in [4.69, 9.17) is 5.73 Å². The molecule has 0 rings (SSSR count). The molecule has 0 saturated carbocycles. The van der Waals surface area contributed by atoms with Crippen molar-refractivity contribution in [3.8, 4) is 9.85 Å². The smallest absolute Gasteiger partial charge is 0.0559 e. The largest absolute Gasteiger partial charge is 0.320 e. The van der Waals surface area contributed by atoms with Gasteiger partial charge in [-0.2, -0.15) is 0 Å². The van der Waals surface area contributed by atoms with Crippen LogP contribution in [0.3, 0.4) is 0 Å². The van der Waals surface area contributed by atoms with Crippen LogP contribution in [0.2, 0.25) is 0 Å². The Morgan fingerprint density at radius 2 is 2.40 bits per heavy atom. The summed E-state index contributed by atoms with van der Waals surface area (Å²) in [7, 11) is 0. The molecule has 0 radical (unpaired) electrons. The Morgan fingerprint density at radius 3 is 2.40 bits per heavy atom. The summed E-state index contributed by atoms with van der Waals surface area (Å²) in [4.78, 5) is 0. The highest BCUT2D eigenvalue weighted by atomic mass is 127. The molecule has 0 amide bonds. The van der Waals surface area contributed by atoms with Gasteiger partial charge in [0.2, 0.25) is 0 Å². The van der Waals surface area contributed by atoms with E-state index in [2.05, 4.69) is 9.85 Å². The maximum Gasteiger partial charge on any atom is 0.0559 e. The van der Waals surface area contributed by atoms with Gasteiger partial charge in [0.1, 0.15) is 0 Å². The fraction of sp³-hybridized carbons (Fsp3) is 0.333. The van der Waals surface area contributed by atoms with Crippen molar-refractivity contribution in [3.05, 3.63) is 0 Å². The Balaban J connectivity index is 2.81. The van der Waals surface area contributed by atoms with Crippen LogP contribution in [-0.4, -0.2) is 6.54 Å². The molecule has 0 heterocycles. The summed E-state index contributed by atoms with van der Waals surface area (Å²) in [5.74, 6) is 2.63. The van der Waals surface area contributed by atoms with Crippen LogP contribution in [0.25, 0.3) is 0 Å². The van der Waals surface area contributed by atoms with Crippen LogP contribution >= 0.6 is 22.6 Å². The summed E-state index contributed by atoms with van der Waals surface area (Å²) in [6, 6.07) is 0. The van der Waals surface area contributed by atoms with Gasteiger partial charge in [0.25, 0.3) is 0 Å². The molecular formula is C3H4IN. The molecule has 5 heavy (non-hydrogen) atoms. The number of halogens is 1. The zero-order valence-corrected chi connectivity index (χ0v) is 4.82. The minimum atomic E-state index is 0.475. The van der Waals surface area contributed by atoms with Crippen molar-refractivity contribution in [2.75, 3.05) is 6.54 Å². The van der Waals surface area contributed by atoms with Crippen molar-refractivity contribution >= 4 is 22.6 Å². The van der Waals surface area contributed by atoms with Crippen molar-refractivity contribution in [2.45, 2.75) is 0 Å². The first-order chi connectivity index (χ1) is 2.41. The molecule has 0 aliphatic rings. The van der Waals surface area contributed by atoms with Gasteiger partial charge in [0, 0.05) is 22.6 Å². The second kappa shape index (κ2) is 4.25. The lowest BCUT2D eigenvalue weighted by atomic mass is 10.7. The topological polar surface area (TPSA) is 26.0 Å². The van der Waals surface area contributed by atoms with Gasteiger partial charge in [-0.3, -0.25) is 0 Å². The highest BCUT2D eigenvalue weighted by molar-refractivity contribution is 14.1. The van der Waals surface area contributed by atoms with Crippen molar-refractivity contribution in [2.24, 2.45) is 5.73 Å². The van der Waals surface area contributed by atoms with Gasteiger partial charge in [-0.25, -0.2) is 0 Å². The number of rotatable bonds is 0. The fourth-order valence-electron chi connectivity index (χ4n) is 0.0386. The lowest BCUT2D eigenvalue weighted by Gasteiger charge is -1.59. The molecule has 1 nitrogen and oxygen atoms in total. The monoisotopic (exact) mass is 181 g/mol. The number of hydrogen-bond acceptors (Lipinski definition) is 1. The van der Waals surface area contributed by atoms with Crippen molar-refractivity contribution < 1.29 is 0 Å². The van der Waals surface area contributed by atoms with E-state index in [9.17, 15) is 0 Å². The first-order valence-corrected chi connectivity index (χ1v) is 2.28. The normalized spacial score (nSPS) is 5.20. The zero-order chi connectivity index (χ0) is 4.12. The second-order valence-corrected chi connectivity index (χ2v) is 1.01. The van der Waals surface area contributed by atoms with Gasteiger partial charge in [-0.15, -0.1) is 0 Å². The standard InChI is InChI=1S/C3H4IN/c4-2-1-3-5/h3,5H2. The second-order valence-electron chi connectivity index (χ2n) is 0.475. The molecule has 0 atom stereocenters. The average molecular weight is 181 g/mol. The third-order valence-corrected chi connectivity index (χ3v) is 0.550. The zero-order valence-electron chi connectivity index (χ0n) is 2.66. The van der Waals surface area contributed by atoms with E-state index in [1.165, 1.54) is 0 Å². The maximum atomic E-state index is 4.96. The molecule has 0 saturated heterocycles. The molecule has 0 aromatic rings. The van der Waals surface area contributed by atoms with Gasteiger partial charge >= 0.3 is 0 Å². The van der Waals surface area contributed by atoms with E-state index in [0.717, 1.165) is 0 Å². The van der Waals surface area contributed by atoms with Crippen LogP contribution < -0.4 is 5.73 Å². The molecule has 0 aliphatic heterocycles. The molecule has 0 bridgehead atoms. The van der Waals surface area contributed by atoms with E-state index in [0.29, 0.717) is 6.54 Å². The van der Waals surface area contributed by atoms with Crippen LogP contribution in [-0.2, 0) is 0 Å². The fourth-order valence-corrected chi connectivity index (χ4v) is 0.259. The average Bonchev–Trinajstić information content (AvgIpc) is 1.41. The Kier molecular flexibility index (Phi) is 4.46. The summed E-state index contributed by atoms with van der Waals surface area (Å²) in [5.41, 5.74) is 4.96. The molecule has 28 valence electrons. The molecule has 2 N–H and O–H groups in total. The third kappa shape index (κ3) is 4.25. The predicted molar refractivity (Wildman–Crippen MR) is 30.9 cm³/mol. The predicted octanol–water partition coefficient (Wildman–Crippen LogP) is 0.341. The minimum Gasteiger partial charge on any atom is -0.320 e. The van der Waals surface area contributed by atoms with Gasteiger partial charge < -0.3 is 5.73 Å². The van der Waals surface area contributed by atoms with E-state index in [1.807, 2.05) is 22.6 Å². The first-order valence-electron chi connectivity index (χ1n) is 1.20. The molecule has 0 spiro atoms. The molecule has 0 aromatic carbocycles. The lowest BCUT2D eigenvalue weighted by Crippen LogP contribution is -1.91. The van der Waals surface area contributed by atoms with Gasteiger partial charge in [-0.1, -0.05) is 5.92 Å². The molecule has 0 aromatic heterocycles. The highest BCUT2D eigenvalue weighted by Gasteiger charge is 1.48. The highest BCUT2D eigenvalue weighted by Crippen LogP contribution is 1.65. The van der Waals surface area contributed by atoms with E-state index < -0.39 is 0 Å². The van der Waals surface area contributed by atoms with Crippen molar-refractivity contribution in [3.63, 3.8) is 0 Å². The third-order valence-electron chi connectivity index (χ3n) is 0.169. The van der Waals surface area contributed by atoms with E-state index in [-0.39, 0.29) is 0 Å². The van der Waals surface area contributed by atoms with Gasteiger partial charge in [0.05, 0.1) is 6.54 Å². The maximum absolute atomic E-state index is 4.96. The van der Waals surface area contributed by atoms with E-state index >= 15 is 0 Å². The van der Waals surface area contributed by atoms with E-state index in [1.54, 1.807) is 0 Å². The van der Waals surface area contributed by atoms with Crippen LogP contribution in [0.5, 0.6) is 0 Å². The Hall–Kier alpha value is 0.250. The summed E-state index contributed by atoms with van der Waals surface area (Å²) in [5, 5.41) is 0. The first kappa shape index (κ1) is 5.25.